The molecule has 0 saturated carbocycles. The van der Waals surface area contributed by atoms with Crippen molar-refractivity contribution in [3.8, 4) is 0 Å². The second kappa shape index (κ2) is 15.5. The van der Waals surface area contributed by atoms with Gasteiger partial charge in [0.2, 0.25) is 5.91 Å². The number of nitrogens with zero attached hydrogens (tertiary/aromatic N) is 1. The van der Waals surface area contributed by atoms with Crippen LogP contribution in [0.25, 0.3) is 0 Å². The first kappa shape index (κ1) is 26.6. The van der Waals surface area contributed by atoms with Crippen molar-refractivity contribution in [2.75, 3.05) is 44.4 Å². The van der Waals surface area contributed by atoms with E-state index in [2.05, 4.69) is 34.1 Å². The highest BCUT2D eigenvalue weighted by atomic mass is 16.1. The van der Waals surface area contributed by atoms with E-state index in [1.165, 1.54) is 5.56 Å². The average Bonchev–Trinajstić information content (AvgIpc) is 2.81. The van der Waals surface area contributed by atoms with Crippen LogP contribution < -0.4 is 20.9 Å². The first-order valence-corrected chi connectivity index (χ1v) is 10.3. The van der Waals surface area contributed by atoms with Gasteiger partial charge in [-0.3, -0.25) is 4.79 Å². The Bertz CT molecular complexity index is 604. The number of likely N-dealkylation sites (N-methyl/N-ethyl adjacent to an activating group) is 1. The summed E-state index contributed by atoms with van der Waals surface area (Å²) < 4.78 is 0. The molecule has 29 heavy (non-hydrogen) atoms. The molecule has 1 saturated heterocycles. The fraction of sp³-hybridized carbons (Fsp3) is 0.591. The number of amides is 1. The second-order valence-electron chi connectivity index (χ2n) is 6.58. The first-order valence-electron chi connectivity index (χ1n) is 10.3. The summed E-state index contributed by atoms with van der Waals surface area (Å²) in [4.78, 5) is 33.0. The van der Waals surface area contributed by atoms with E-state index in [1.54, 1.807) is 7.05 Å². The largest absolute Gasteiger partial charge is 0.386 e. The third-order valence-electron chi connectivity index (χ3n) is 5.08. The van der Waals surface area contributed by atoms with Crippen LogP contribution in [-0.4, -0.2) is 59.3 Å². The van der Waals surface area contributed by atoms with Crippen LogP contribution in [0.15, 0.2) is 18.2 Å². The molecule has 1 aromatic rings. The first-order chi connectivity index (χ1) is 14.1. The van der Waals surface area contributed by atoms with Gasteiger partial charge in [0.05, 0.1) is 17.4 Å². The summed E-state index contributed by atoms with van der Waals surface area (Å²) in [7, 11) is 5.42. The van der Waals surface area contributed by atoms with Crippen molar-refractivity contribution in [3.05, 3.63) is 23.8 Å². The molecule has 1 aromatic carbocycles. The molecule has 1 atom stereocenters. The van der Waals surface area contributed by atoms with Crippen molar-refractivity contribution in [1.29, 1.82) is 0 Å². The Morgan fingerprint density at radius 3 is 2.41 bits per heavy atom. The third-order valence-corrected chi connectivity index (χ3v) is 5.08. The molecule has 0 spiro atoms. The fourth-order valence-electron chi connectivity index (χ4n) is 3.41. The fourth-order valence-corrected chi connectivity index (χ4v) is 3.41. The molecule has 1 heterocycles. The minimum atomic E-state index is -0.325. The predicted octanol–water partition coefficient (Wildman–Crippen LogP) is 2.57. The predicted molar refractivity (Wildman–Crippen MR) is 121 cm³/mol. The van der Waals surface area contributed by atoms with Crippen molar-refractivity contribution in [2.24, 2.45) is 0 Å². The normalized spacial score (nSPS) is 14.2. The Morgan fingerprint density at radius 2 is 1.90 bits per heavy atom. The SMILES string of the molecule is C=O.CC.CNC(=O)CCC(C=O)N(C)c1ccc(C2CCNCC2)cc1NC. The molecule has 7 nitrogen and oxygen atoms in total. The highest BCUT2D eigenvalue weighted by Gasteiger charge is 2.20. The summed E-state index contributed by atoms with van der Waals surface area (Å²) in [5, 5.41) is 9.25. The van der Waals surface area contributed by atoms with Crippen LogP contribution in [0, 0.1) is 0 Å². The molecule has 3 N–H and O–H groups in total. The van der Waals surface area contributed by atoms with E-state index in [1.807, 2.05) is 39.6 Å². The zero-order valence-corrected chi connectivity index (χ0v) is 18.6. The summed E-state index contributed by atoms with van der Waals surface area (Å²) in [6.07, 6.45) is 4.07. The molecule has 0 aromatic heterocycles. The Hall–Kier alpha value is -2.41. The van der Waals surface area contributed by atoms with Gasteiger partial charge in [0.25, 0.3) is 0 Å². The Balaban J connectivity index is 0.00000184. The molecule has 0 aliphatic carbocycles. The van der Waals surface area contributed by atoms with Gasteiger partial charge < -0.3 is 30.4 Å². The minimum Gasteiger partial charge on any atom is -0.386 e. The van der Waals surface area contributed by atoms with Crippen LogP contribution in [0.2, 0.25) is 0 Å². The van der Waals surface area contributed by atoms with Gasteiger partial charge in [0.15, 0.2) is 0 Å². The summed E-state index contributed by atoms with van der Waals surface area (Å²) in [6.45, 7) is 8.13. The zero-order chi connectivity index (χ0) is 22.2. The zero-order valence-electron chi connectivity index (χ0n) is 18.6. The number of piperidine rings is 1. The number of benzene rings is 1. The monoisotopic (exact) mass is 406 g/mol. The summed E-state index contributed by atoms with van der Waals surface area (Å²) in [5.41, 5.74) is 3.34. The van der Waals surface area contributed by atoms with Crippen LogP contribution in [0.3, 0.4) is 0 Å². The number of aldehydes is 1. The van der Waals surface area contributed by atoms with E-state index in [0.29, 0.717) is 18.8 Å². The molecular formula is C22H38N4O3. The average molecular weight is 407 g/mol. The van der Waals surface area contributed by atoms with Gasteiger partial charge in [0, 0.05) is 27.6 Å². The quantitative estimate of drug-likeness (QED) is 0.575. The Morgan fingerprint density at radius 1 is 1.28 bits per heavy atom. The molecule has 0 radical (unpaired) electrons. The molecule has 1 aliphatic rings. The highest BCUT2D eigenvalue weighted by molar-refractivity contribution is 5.78. The van der Waals surface area contributed by atoms with Crippen molar-refractivity contribution >= 4 is 30.4 Å². The molecule has 1 unspecified atom stereocenters. The number of anilines is 2. The van der Waals surface area contributed by atoms with Gasteiger partial charge in [-0.15, -0.1) is 0 Å². The number of carbonyl (C=O) groups is 3. The van der Waals surface area contributed by atoms with Crippen LogP contribution in [0.4, 0.5) is 11.4 Å². The number of carbonyl (C=O) groups excluding carboxylic acids is 3. The van der Waals surface area contributed by atoms with Gasteiger partial charge in [-0.1, -0.05) is 19.9 Å². The number of rotatable bonds is 8. The van der Waals surface area contributed by atoms with Crippen LogP contribution in [0.5, 0.6) is 0 Å². The molecule has 164 valence electrons. The lowest BCUT2D eigenvalue weighted by atomic mass is 9.89. The number of hydrogen-bond acceptors (Lipinski definition) is 6. The van der Waals surface area contributed by atoms with Crippen LogP contribution in [0.1, 0.15) is 51.0 Å². The molecule has 7 heteroatoms. The molecule has 0 bridgehead atoms. The van der Waals surface area contributed by atoms with E-state index in [9.17, 15) is 9.59 Å². The van der Waals surface area contributed by atoms with Gasteiger partial charge in [0.1, 0.15) is 13.1 Å². The standard InChI is InChI=1S/C19H30N4O2.C2H6.CH2O/c1-20-17-12-15(14-8-10-22-11-9-14)4-6-18(17)23(3)16(13-24)5-7-19(25)21-2;2*1-2/h4,6,12-14,16,20,22H,5,7-11H2,1-3H3,(H,21,25);1-2H3;1H2. The summed E-state index contributed by atoms with van der Waals surface area (Å²) in [6, 6.07) is 6.12. The summed E-state index contributed by atoms with van der Waals surface area (Å²) in [5.74, 6) is 0.540. The third kappa shape index (κ3) is 8.23. The molecule has 1 amide bonds. The van der Waals surface area contributed by atoms with Gasteiger partial charge in [-0.2, -0.15) is 0 Å². The highest BCUT2D eigenvalue weighted by Crippen LogP contribution is 2.33. The van der Waals surface area contributed by atoms with Gasteiger partial charge >= 0.3 is 0 Å². The molecule has 1 aliphatic heterocycles. The maximum atomic E-state index is 11.5. The van der Waals surface area contributed by atoms with Gasteiger partial charge in [-0.05, 0) is 56.0 Å². The Kier molecular flexibility index (Phi) is 14.2. The lowest BCUT2D eigenvalue weighted by molar-refractivity contribution is -0.120. The van der Waals surface area contributed by atoms with E-state index < -0.39 is 0 Å². The van der Waals surface area contributed by atoms with E-state index in [-0.39, 0.29) is 11.9 Å². The molecular weight excluding hydrogens is 368 g/mol. The second-order valence-corrected chi connectivity index (χ2v) is 6.58. The van der Waals surface area contributed by atoms with E-state index in [4.69, 9.17) is 4.79 Å². The van der Waals surface area contributed by atoms with Crippen LogP contribution in [-0.2, 0) is 14.4 Å². The minimum absolute atomic E-state index is 0.0460. The van der Waals surface area contributed by atoms with E-state index >= 15 is 0 Å². The topological polar surface area (TPSA) is 90.5 Å². The van der Waals surface area contributed by atoms with Crippen molar-refractivity contribution < 1.29 is 14.4 Å². The van der Waals surface area contributed by atoms with Gasteiger partial charge in [-0.25, -0.2) is 0 Å². The summed E-state index contributed by atoms with van der Waals surface area (Å²) >= 11 is 0. The maximum Gasteiger partial charge on any atom is 0.219 e. The lowest BCUT2D eigenvalue weighted by Gasteiger charge is -2.29. The smallest absolute Gasteiger partial charge is 0.219 e. The van der Waals surface area contributed by atoms with E-state index in [0.717, 1.165) is 43.6 Å². The molecule has 2 rings (SSSR count). The number of nitrogens with one attached hydrogen (secondary N) is 3. The van der Waals surface area contributed by atoms with Crippen molar-refractivity contribution in [3.63, 3.8) is 0 Å². The lowest BCUT2D eigenvalue weighted by Crippen LogP contribution is -2.35. The maximum absolute atomic E-state index is 11.5. The van der Waals surface area contributed by atoms with Crippen LogP contribution >= 0.6 is 0 Å². The van der Waals surface area contributed by atoms with Crippen molar-refractivity contribution in [2.45, 2.75) is 51.5 Å². The number of hydrogen-bond donors (Lipinski definition) is 3. The van der Waals surface area contributed by atoms with Crippen molar-refractivity contribution in [1.82, 2.24) is 10.6 Å². The Labute approximate surface area is 175 Å². The molecule has 1 fully saturated rings.